The number of benzene rings is 1. The average molecular weight is 375 g/mol. The molecule has 0 saturated heterocycles. The molecule has 2 aromatic rings. The molecule has 140 valence electrons. The van der Waals surface area contributed by atoms with Gasteiger partial charge >= 0.3 is 5.97 Å². The van der Waals surface area contributed by atoms with E-state index < -0.39 is 0 Å². The Morgan fingerprint density at radius 3 is 2.65 bits per heavy atom. The maximum Gasteiger partial charge on any atom is 0.307 e. The second-order valence-electron chi connectivity index (χ2n) is 6.23. The van der Waals surface area contributed by atoms with Crippen molar-refractivity contribution in [3.63, 3.8) is 0 Å². The van der Waals surface area contributed by atoms with Crippen molar-refractivity contribution in [1.82, 2.24) is 5.32 Å². The third-order valence-corrected chi connectivity index (χ3v) is 4.71. The van der Waals surface area contributed by atoms with Crippen LogP contribution >= 0.6 is 11.3 Å². The number of ether oxygens (including phenoxy) is 2. The Hall–Kier alpha value is -2.34. The van der Waals surface area contributed by atoms with E-state index in [1.165, 1.54) is 22.5 Å². The predicted molar refractivity (Wildman–Crippen MR) is 103 cm³/mol. The van der Waals surface area contributed by atoms with E-state index in [-0.39, 0.29) is 31.4 Å². The molecule has 1 N–H and O–H groups in total. The number of aryl methyl sites for hydroxylation is 1. The van der Waals surface area contributed by atoms with Crippen LogP contribution in [0.2, 0.25) is 0 Å². The zero-order valence-corrected chi connectivity index (χ0v) is 16.2. The van der Waals surface area contributed by atoms with E-state index in [2.05, 4.69) is 32.2 Å². The Balaban J connectivity index is 1.61. The molecule has 0 unspecified atom stereocenters. The highest BCUT2D eigenvalue weighted by atomic mass is 32.1. The molecule has 0 aliphatic carbocycles. The number of thiophene rings is 1. The summed E-state index contributed by atoms with van der Waals surface area (Å²) in [5.74, 6) is 0.722. The standard InChI is InChI=1S/C20H25NO4S/c1-14(2)17-7-6-16(13-15(17)3)24-10-11-25-19(22)8-9-21-20(23)18-5-4-12-26-18/h4-7,12-14H,8-11H2,1-3H3,(H,21,23). The van der Waals surface area contributed by atoms with Gasteiger partial charge in [-0.15, -0.1) is 11.3 Å². The van der Waals surface area contributed by atoms with E-state index in [0.29, 0.717) is 17.4 Å². The summed E-state index contributed by atoms with van der Waals surface area (Å²) < 4.78 is 10.7. The lowest BCUT2D eigenvalue weighted by molar-refractivity contribution is -0.144. The minimum absolute atomic E-state index is 0.138. The SMILES string of the molecule is Cc1cc(OCCOC(=O)CCNC(=O)c2cccs2)ccc1C(C)C. The van der Waals surface area contributed by atoms with Crippen LogP contribution in [0.15, 0.2) is 35.7 Å². The zero-order valence-electron chi connectivity index (χ0n) is 15.4. The molecular weight excluding hydrogens is 350 g/mol. The van der Waals surface area contributed by atoms with Gasteiger partial charge in [-0.1, -0.05) is 26.0 Å². The summed E-state index contributed by atoms with van der Waals surface area (Å²) in [6.07, 6.45) is 0.138. The first-order chi connectivity index (χ1) is 12.5. The van der Waals surface area contributed by atoms with E-state index >= 15 is 0 Å². The van der Waals surface area contributed by atoms with Crippen LogP contribution < -0.4 is 10.1 Å². The first-order valence-corrected chi connectivity index (χ1v) is 9.56. The van der Waals surface area contributed by atoms with Crippen LogP contribution in [-0.2, 0) is 9.53 Å². The molecule has 5 nitrogen and oxygen atoms in total. The minimum Gasteiger partial charge on any atom is -0.490 e. The molecular formula is C20H25NO4S. The first kappa shape index (κ1) is 20.0. The van der Waals surface area contributed by atoms with Crippen LogP contribution in [0.3, 0.4) is 0 Å². The topological polar surface area (TPSA) is 64.6 Å². The van der Waals surface area contributed by atoms with Crippen LogP contribution in [0.5, 0.6) is 5.75 Å². The molecule has 2 rings (SSSR count). The van der Waals surface area contributed by atoms with Gasteiger partial charge in [-0.05, 0) is 47.5 Å². The zero-order chi connectivity index (χ0) is 18.9. The number of nitrogens with one attached hydrogen (secondary N) is 1. The van der Waals surface area contributed by atoms with Crippen LogP contribution in [0, 0.1) is 6.92 Å². The Bertz CT molecular complexity index is 725. The maximum absolute atomic E-state index is 11.7. The third kappa shape index (κ3) is 6.19. The fourth-order valence-corrected chi connectivity index (χ4v) is 3.19. The number of rotatable bonds is 9. The molecule has 1 aromatic heterocycles. The molecule has 0 aliphatic heterocycles. The lowest BCUT2D eigenvalue weighted by Gasteiger charge is -2.12. The van der Waals surface area contributed by atoms with Crippen molar-refractivity contribution in [2.75, 3.05) is 19.8 Å². The van der Waals surface area contributed by atoms with Crippen LogP contribution in [0.4, 0.5) is 0 Å². The first-order valence-electron chi connectivity index (χ1n) is 8.68. The molecule has 26 heavy (non-hydrogen) atoms. The number of amides is 1. The second-order valence-corrected chi connectivity index (χ2v) is 7.17. The van der Waals surface area contributed by atoms with Gasteiger partial charge in [-0.2, -0.15) is 0 Å². The number of hydrogen-bond acceptors (Lipinski definition) is 5. The van der Waals surface area contributed by atoms with Gasteiger partial charge in [0.1, 0.15) is 19.0 Å². The molecule has 0 aliphatic rings. The van der Waals surface area contributed by atoms with Crippen LogP contribution in [0.25, 0.3) is 0 Å². The van der Waals surface area contributed by atoms with Gasteiger partial charge in [0.2, 0.25) is 0 Å². The van der Waals surface area contributed by atoms with Crippen molar-refractivity contribution in [3.8, 4) is 5.75 Å². The lowest BCUT2D eigenvalue weighted by Crippen LogP contribution is -2.26. The van der Waals surface area contributed by atoms with E-state index in [4.69, 9.17) is 9.47 Å². The monoisotopic (exact) mass is 375 g/mol. The summed E-state index contributed by atoms with van der Waals surface area (Å²) in [5.41, 5.74) is 2.49. The molecule has 1 aromatic carbocycles. The minimum atomic E-state index is -0.355. The van der Waals surface area contributed by atoms with Gasteiger partial charge in [0.05, 0.1) is 11.3 Å². The van der Waals surface area contributed by atoms with Crippen molar-refractivity contribution >= 4 is 23.2 Å². The molecule has 0 bridgehead atoms. The molecule has 0 spiro atoms. The van der Waals surface area contributed by atoms with Gasteiger partial charge in [-0.25, -0.2) is 0 Å². The van der Waals surface area contributed by atoms with Gasteiger partial charge in [0, 0.05) is 6.54 Å². The summed E-state index contributed by atoms with van der Waals surface area (Å²) in [7, 11) is 0. The van der Waals surface area contributed by atoms with Gasteiger partial charge in [0.15, 0.2) is 0 Å². The van der Waals surface area contributed by atoms with Gasteiger partial charge in [0.25, 0.3) is 5.91 Å². The van der Waals surface area contributed by atoms with E-state index in [1.807, 2.05) is 23.6 Å². The molecule has 0 saturated carbocycles. The maximum atomic E-state index is 11.7. The molecule has 0 radical (unpaired) electrons. The van der Waals surface area contributed by atoms with Crippen molar-refractivity contribution in [1.29, 1.82) is 0 Å². The Labute approximate surface area is 158 Å². The fraction of sp³-hybridized carbons (Fsp3) is 0.400. The van der Waals surface area contributed by atoms with E-state index in [1.54, 1.807) is 6.07 Å². The van der Waals surface area contributed by atoms with Crippen LogP contribution in [-0.4, -0.2) is 31.6 Å². The number of hydrogen-bond donors (Lipinski definition) is 1. The quantitative estimate of drug-likeness (QED) is 0.533. The summed E-state index contributed by atoms with van der Waals surface area (Å²) in [4.78, 5) is 24.0. The van der Waals surface area contributed by atoms with Gasteiger partial charge < -0.3 is 14.8 Å². The summed E-state index contributed by atoms with van der Waals surface area (Å²) in [6, 6.07) is 9.55. The Morgan fingerprint density at radius 1 is 1.19 bits per heavy atom. The second kappa shape index (κ2) is 9.97. The smallest absolute Gasteiger partial charge is 0.307 e. The lowest BCUT2D eigenvalue weighted by atomic mass is 9.98. The highest BCUT2D eigenvalue weighted by Crippen LogP contribution is 2.23. The number of esters is 1. The van der Waals surface area contributed by atoms with Crippen molar-refractivity contribution < 1.29 is 19.1 Å². The van der Waals surface area contributed by atoms with Crippen molar-refractivity contribution in [3.05, 3.63) is 51.7 Å². The highest BCUT2D eigenvalue weighted by molar-refractivity contribution is 7.12. The van der Waals surface area contributed by atoms with E-state index in [0.717, 1.165) is 5.75 Å². The third-order valence-electron chi connectivity index (χ3n) is 3.84. The molecule has 1 amide bonds. The average Bonchev–Trinajstić information content (AvgIpc) is 3.13. The van der Waals surface area contributed by atoms with Gasteiger partial charge in [-0.3, -0.25) is 9.59 Å². The summed E-state index contributed by atoms with van der Waals surface area (Å²) >= 11 is 1.36. The highest BCUT2D eigenvalue weighted by Gasteiger charge is 2.08. The molecule has 6 heteroatoms. The normalized spacial score (nSPS) is 10.6. The molecule has 0 fully saturated rings. The summed E-state index contributed by atoms with van der Waals surface area (Å²) in [6.45, 7) is 7.12. The van der Waals surface area contributed by atoms with Crippen molar-refractivity contribution in [2.45, 2.75) is 33.1 Å². The molecule has 0 atom stereocenters. The Kier molecular flexibility index (Phi) is 7.66. The van der Waals surface area contributed by atoms with E-state index in [9.17, 15) is 9.59 Å². The van der Waals surface area contributed by atoms with Crippen LogP contribution in [0.1, 0.15) is 47.0 Å². The van der Waals surface area contributed by atoms with Crippen molar-refractivity contribution in [2.24, 2.45) is 0 Å². The summed E-state index contributed by atoms with van der Waals surface area (Å²) in [5, 5.41) is 4.53. The molecule has 1 heterocycles. The number of carbonyl (C=O) groups is 2. The largest absolute Gasteiger partial charge is 0.490 e. The predicted octanol–water partition coefficient (Wildman–Crippen LogP) is 3.92. The fourth-order valence-electron chi connectivity index (χ4n) is 2.55. The number of carbonyl (C=O) groups excluding carboxylic acids is 2. The Morgan fingerprint density at radius 2 is 2.00 bits per heavy atom.